The zero-order chi connectivity index (χ0) is 18.4. The van der Waals surface area contributed by atoms with Gasteiger partial charge in [0.2, 0.25) is 0 Å². The van der Waals surface area contributed by atoms with Crippen LogP contribution >= 0.6 is 39.1 Å². The highest BCUT2D eigenvalue weighted by atomic mass is 79.9. The third kappa shape index (κ3) is 4.90. The third-order valence-corrected chi connectivity index (χ3v) is 4.37. The molecule has 2 aromatic carbocycles. The second-order valence-electron chi connectivity index (χ2n) is 4.84. The van der Waals surface area contributed by atoms with Gasteiger partial charge >= 0.3 is 0 Å². The fraction of sp³-hybridized carbons (Fsp3) is 0.111. The Morgan fingerprint density at radius 1 is 1.20 bits per heavy atom. The summed E-state index contributed by atoms with van der Waals surface area (Å²) in [4.78, 5) is 0. The number of ether oxygens (including phenoxy) is 2. The van der Waals surface area contributed by atoms with Crippen molar-refractivity contribution in [2.45, 2.75) is 6.61 Å². The number of allylic oxidation sites excluding steroid dienone is 1. The molecule has 2 rings (SSSR count). The van der Waals surface area contributed by atoms with E-state index in [2.05, 4.69) is 15.9 Å². The van der Waals surface area contributed by atoms with Crippen molar-refractivity contribution in [1.82, 2.24) is 0 Å². The van der Waals surface area contributed by atoms with Crippen LogP contribution in [0.1, 0.15) is 11.1 Å². The predicted octanol–water partition coefficient (Wildman–Crippen LogP) is 5.77. The first-order chi connectivity index (χ1) is 12.0. The lowest BCUT2D eigenvalue weighted by Gasteiger charge is -2.14. The van der Waals surface area contributed by atoms with E-state index < -0.39 is 0 Å². The molecule has 0 aliphatic heterocycles. The molecule has 0 spiro atoms. The largest absolute Gasteiger partial charge is 0.493 e. The van der Waals surface area contributed by atoms with Gasteiger partial charge in [0.1, 0.15) is 24.3 Å². The molecule has 2 aromatic rings. The van der Waals surface area contributed by atoms with E-state index in [1.165, 1.54) is 13.2 Å². The third-order valence-electron chi connectivity index (χ3n) is 3.19. The fourth-order valence-corrected chi connectivity index (χ4v) is 3.05. The predicted molar refractivity (Wildman–Crippen MR) is 101 cm³/mol. The van der Waals surface area contributed by atoms with Gasteiger partial charge in [-0.1, -0.05) is 29.3 Å². The number of hydrogen-bond donors (Lipinski definition) is 0. The molecule has 0 unspecified atom stereocenters. The number of nitrogens with zero attached hydrogens (tertiary/aromatic N) is 2. The molecule has 25 heavy (non-hydrogen) atoms. The van der Waals surface area contributed by atoms with Crippen LogP contribution in [0.4, 0.5) is 0 Å². The van der Waals surface area contributed by atoms with Crippen LogP contribution in [0.25, 0.3) is 6.08 Å². The summed E-state index contributed by atoms with van der Waals surface area (Å²) >= 11 is 15.5. The molecule has 126 valence electrons. The van der Waals surface area contributed by atoms with Gasteiger partial charge < -0.3 is 9.47 Å². The average molecular weight is 438 g/mol. The highest BCUT2D eigenvalue weighted by Gasteiger charge is 2.13. The van der Waals surface area contributed by atoms with E-state index in [0.29, 0.717) is 31.6 Å². The Morgan fingerprint density at radius 2 is 1.92 bits per heavy atom. The quantitative estimate of drug-likeness (QED) is 0.556. The van der Waals surface area contributed by atoms with Crippen molar-refractivity contribution in [2.75, 3.05) is 7.11 Å². The molecular formula is C18H11BrCl2N2O2. The Hall–Kier alpha value is -2.18. The molecule has 0 aliphatic carbocycles. The molecule has 0 atom stereocenters. The van der Waals surface area contributed by atoms with Gasteiger partial charge in [0, 0.05) is 15.6 Å². The summed E-state index contributed by atoms with van der Waals surface area (Å²) in [5.74, 6) is 0.946. The topological polar surface area (TPSA) is 66.0 Å². The van der Waals surface area contributed by atoms with E-state index in [1.54, 1.807) is 30.3 Å². The first-order valence-electron chi connectivity index (χ1n) is 6.94. The molecule has 0 saturated carbocycles. The first kappa shape index (κ1) is 19.1. The Morgan fingerprint density at radius 3 is 2.52 bits per heavy atom. The molecule has 0 heterocycles. The minimum atomic E-state index is -0.00410. The molecule has 0 aliphatic rings. The summed E-state index contributed by atoms with van der Waals surface area (Å²) in [5, 5.41) is 18.8. The van der Waals surface area contributed by atoms with Gasteiger partial charge in [0.25, 0.3) is 0 Å². The summed E-state index contributed by atoms with van der Waals surface area (Å²) in [7, 11) is 1.51. The first-order valence-corrected chi connectivity index (χ1v) is 8.49. The van der Waals surface area contributed by atoms with Crippen molar-refractivity contribution in [3.05, 3.63) is 61.5 Å². The molecular weight excluding hydrogens is 427 g/mol. The molecule has 0 N–H and O–H groups in total. The summed E-state index contributed by atoms with van der Waals surface area (Å²) in [6, 6.07) is 12.2. The van der Waals surface area contributed by atoms with Crippen LogP contribution in [0.5, 0.6) is 11.5 Å². The SMILES string of the molecule is COc1cc(C=C(C#N)C#N)cc(Br)c1OCc1ccc(Cl)cc1Cl. The van der Waals surface area contributed by atoms with Crippen LogP contribution in [0.3, 0.4) is 0 Å². The highest BCUT2D eigenvalue weighted by molar-refractivity contribution is 9.10. The van der Waals surface area contributed by atoms with Crippen molar-refractivity contribution in [1.29, 1.82) is 10.5 Å². The molecule has 4 nitrogen and oxygen atoms in total. The van der Waals surface area contributed by atoms with Crippen LogP contribution < -0.4 is 9.47 Å². The zero-order valence-electron chi connectivity index (χ0n) is 13.0. The molecule has 0 bridgehead atoms. The van der Waals surface area contributed by atoms with Crippen LogP contribution in [0, 0.1) is 22.7 Å². The molecule has 0 aromatic heterocycles. The summed E-state index contributed by atoms with van der Waals surface area (Å²) in [5.41, 5.74) is 1.41. The summed E-state index contributed by atoms with van der Waals surface area (Å²) in [6.07, 6.45) is 1.47. The van der Waals surface area contributed by atoms with Gasteiger partial charge in [0.15, 0.2) is 11.5 Å². The summed E-state index contributed by atoms with van der Waals surface area (Å²) < 4.78 is 11.8. The monoisotopic (exact) mass is 436 g/mol. The van der Waals surface area contributed by atoms with Crippen molar-refractivity contribution in [3.63, 3.8) is 0 Å². The number of benzene rings is 2. The summed E-state index contributed by atoms with van der Waals surface area (Å²) in [6.45, 7) is 0.224. The van der Waals surface area contributed by atoms with Crippen molar-refractivity contribution < 1.29 is 9.47 Å². The maximum absolute atomic E-state index is 8.86. The fourth-order valence-electron chi connectivity index (χ4n) is 2.01. The smallest absolute Gasteiger partial charge is 0.175 e. The lowest BCUT2D eigenvalue weighted by Crippen LogP contribution is -2.00. The lowest BCUT2D eigenvalue weighted by atomic mass is 10.1. The van der Waals surface area contributed by atoms with E-state index in [9.17, 15) is 0 Å². The second-order valence-corrected chi connectivity index (χ2v) is 6.54. The van der Waals surface area contributed by atoms with Gasteiger partial charge in [-0.2, -0.15) is 10.5 Å². The van der Waals surface area contributed by atoms with Crippen molar-refractivity contribution in [2.24, 2.45) is 0 Å². The number of rotatable bonds is 5. The van der Waals surface area contributed by atoms with Crippen molar-refractivity contribution in [3.8, 4) is 23.6 Å². The maximum Gasteiger partial charge on any atom is 0.175 e. The minimum absolute atomic E-state index is 0.00410. The normalized spacial score (nSPS) is 9.68. The van der Waals surface area contributed by atoms with Gasteiger partial charge in [0.05, 0.1) is 11.6 Å². The van der Waals surface area contributed by atoms with Gasteiger partial charge in [-0.05, 0) is 51.8 Å². The van der Waals surface area contributed by atoms with E-state index in [0.717, 1.165) is 5.56 Å². The van der Waals surface area contributed by atoms with E-state index in [1.807, 2.05) is 12.1 Å². The number of nitriles is 2. The van der Waals surface area contributed by atoms with Crippen LogP contribution in [0.15, 0.2) is 40.4 Å². The van der Waals surface area contributed by atoms with E-state index in [4.69, 9.17) is 43.2 Å². The number of methoxy groups -OCH3 is 1. The van der Waals surface area contributed by atoms with E-state index in [-0.39, 0.29) is 12.2 Å². The average Bonchev–Trinajstić information content (AvgIpc) is 2.59. The molecule has 0 saturated heterocycles. The van der Waals surface area contributed by atoms with Crippen LogP contribution in [-0.2, 0) is 6.61 Å². The maximum atomic E-state index is 8.86. The van der Waals surface area contributed by atoms with E-state index >= 15 is 0 Å². The van der Waals surface area contributed by atoms with Crippen molar-refractivity contribution >= 4 is 45.2 Å². The van der Waals surface area contributed by atoms with Gasteiger partial charge in [-0.25, -0.2) is 0 Å². The second kappa shape index (κ2) is 8.78. The van der Waals surface area contributed by atoms with Crippen LogP contribution in [0.2, 0.25) is 10.0 Å². The molecule has 0 radical (unpaired) electrons. The lowest BCUT2D eigenvalue weighted by molar-refractivity contribution is 0.282. The molecule has 0 amide bonds. The zero-order valence-corrected chi connectivity index (χ0v) is 16.1. The Kier molecular flexibility index (Phi) is 6.73. The van der Waals surface area contributed by atoms with Crippen LogP contribution in [-0.4, -0.2) is 7.11 Å². The van der Waals surface area contributed by atoms with Gasteiger partial charge in [-0.3, -0.25) is 0 Å². The Balaban J connectivity index is 2.31. The number of hydrogen-bond acceptors (Lipinski definition) is 4. The molecule has 0 fully saturated rings. The number of halogens is 3. The molecule has 7 heteroatoms. The Bertz CT molecular complexity index is 899. The van der Waals surface area contributed by atoms with Gasteiger partial charge in [-0.15, -0.1) is 0 Å². The standard InChI is InChI=1S/C18H11BrCl2N2O2/c1-24-17-6-11(4-12(8-22)9-23)5-15(19)18(17)25-10-13-2-3-14(20)7-16(13)21/h2-7H,10H2,1H3. The highest BCUT2D eigenvalue weighted by Crippen LogP contribution is 2.38. The Labute approximate surface area is 163 Å². The minimum Gasteiger partial charge on any atom is -0.493 e.